The summed E-state index contributed by atoms with van der Waals surface area (Å²) in [7, 11) is 0. The third-order valence-electron chi connectivity index (χ3n) is 5.39. The van der Waals surface area contributed by atoms with Crippen molar-refractivity contribution in [2.75, 3.05) is 0 Å². The van der Waals surface area contributed by atoms with Crippen molar-refractivity contribution >= 4 is 0 Å². The minimum atomic E-state index is -4.95. The molecule has 2 nitrogen and oxygen atoms in total. The van der Waals surface area contributed by atoms with E-state index in [-0.39, 0.29) is 30.5 Å². The summed E-state index contributed by atoms with van der Waals surface area (Å²) in [6, 6.07) is 0.910. The molecule has 0 bridgehead atoms. The van der Waals surface area contributed by atoms with Crippen LogP contribution in [-0.4, -0.2) is 15.6 Å². The molecule has 4 rings (SSSR count). The molecule has 1 heterocycles. The van der Waals surface area contributed by atoms with E-state index >= 15 is 0 Å². The van der Waals surface area contributed by atoms with Crippen LogP contribution in [0.1, 0.15) is 52.9 Å². The van der Waals surface area contributed by atoms with Crippen LogP contribution < -0.4 is 0 Å². The molecule has 2 unspecified atom stereocenters. The van der Waals surface area contributed by atoms with Crippen LogP contribution in [0.3, 0.4) is 0 Å². The van der Waals surface area contributed by atoms with Crippen LogP contribution in [0.5, 0.6) is 0 Å². The third kappa shape index (κ3) is 2.74. The van der Waals surface area contributed by atoms with E-state index in [9.17, 15) is 35.8 Å². The van der Waals surface area contributed by atoms with Crippen molar-refractivity contribution in [1.29, 1.82) is 0 Å². The van der Waals surface area contributed by atoms with E-state index < -0.39 is 53.4 Å². The average molecular weight is 393 g/mol. The molecule has 0 aliphatic heterocycles. The summed E-state index contributed by atoms with van der Waals surface area (Å²) in [4.78, 5) is 0. The van der Waals surface area contributed by atoms with Gasteiger partial charge in [-0.2, -0.15) is 13.2 Å². The number of fused-ring (bicyclic) bond motifs is 2. The second kappa shape index (κ2) is 5.73. The van der Waals surface area contributed by atoms with E-state index in [4.69, 9.17) is 0 Å². The quantitative estimate of drug-likeness (QED) is 0.683. The number of nitrogens with zero attached hydrogens (tertiary/aromatic N) is 1. The smallest absolute Gasteiger partial charge is 0.382 e. The highest BCUT2D eigenvalue weighted by Gasteiger charge is 2.50. The number of aryl methyl sites for hydroxylation is 1. The molecule has 1 aromatic carbocycles. The second-order valence-electron chi connectivity index (χ2n) is 6.99. The molecule has 0 saturated heterocycles. The van der Waals surface area contributed by atoms with E-state index in [1.807, 2.05) is 0 Å². The van der Waals surface area contributed by atoms with Gasteiger partial charge in [-0.25, -0.2) is 17.6 Å². The Hall–Kier alpha value is -2.03. The van der Waals surface area contributed by atoms with Gasteiger partial charge in [0.25, 0.3) is 5.92 Å². The topological polar surface area (TPSA) is 25.2 Å². The number of alkyl halides is 5. The lowest BCUT2D eigenvalue weighted by Gasteiger charge is -2.30. The van der Waals surface area contributed by atoms with Crippen molar-refractivity contribution < 1.29 is 35.8 Å². The summed E-state index contributed by atoms with van der Waals surface area (Å²) in [5.74, 6) is -5.35. The first-order valence-corrected chi connectivity index (χ1v) is 8.35. The van der Waals surface area contributed by atoms with Crippen molar-refractivity contribution in [3.63, 3.8) is 0 Å². The Morgan fingerprint density at radius 2 is 1.78 bits per heavy atom. The summed E-state index contributed by atoms with van der Waals surface area (Å²) in [6.45, 7) is 0. The zero-order chi connectivity index (χ0) is 19.7. The molecule has 0 spiro atoms. The fourth-order valence-electron chi connectivity index (χ4n) is 4.22. The largest absolute Gasteiger partial charge is 0.418 e. The molecule has 2 aliphatic carbocycles. The number of hydrogen-bond donors (Lipinski definition) is 1. The van der Waals surface area contributed by atoms with E-state index in [0.717, 1.165) is 10.6 Å². The number of halogens is 7. The Morgan fingerprint density at radius 3 is 2.44 bits per heavy atom. The Kier molecular flexibility index (Phi) is 3.89. The predicted molar refractivity (Wildman–Crippen MR) is 80.5 cm³/mol. The van der Waals surface area contributed by atoms with Crippen molar-refractivity contribution in [2.45, 2.75) is 49.9 Å². The molecule has 2 atom stereocenters. The number of hydrogen-bond acceptors (Lipinski definition) is 1. The standard InChI is InChI=1S/C18H14F7NO/c19-9-5-8-1-2-12(14(8)11(20)6-9)26-7-10(18(23,24)25)15-13(26)3-4-17(21,22)16(15)27/h5-7,12,16,27H,1-4H2. The molecule has 1 N–H and O–H groups in total. The molecular weight excluding hydrogens is 379 g/mol. The molecule has 0 saturated carbocycles. The molecule has 0 fully saturated rings. The van der Waals surface area contributed by atoms with E-state index in [1.165, 1.54) is 0 Å². The Labute approximate surface area is 149 Å². The maximum atomic E-state index is 14.3. The molecule has 2 aliphatic rings. The zero-order valence-electron chi connectivity index (χ0n) is 13.8. The number of aliphatic hydroxyl groups excluding tert-OH is 1. The van der Waals surface area contributed by atoms with Gasteiger partial charge < -0.3 is 9.67 Å². The molecule has 1 aromatic heterocycles. The van der Waals surface area contributed by atoms with Crippen LogP contribution in [0.4, 0.5) is 30.7 Å². The zero-order valence-corrected chi connectivity index (χ0v) is 13.8. The van der Waals surface area contributed by atoms with Gasteiger partial charge in [0.05, 0.1) is 11.6 Å². The Bertz CT molecular complexity index is 915. The van der Waals surface area contributed by atoms with Gasteiger partial charge in [-0.15, -0.1) is 0 Å². The number of aromatic nitrogens is 1. The van der Waals surface area contributed by atoms with Crippen LogP contribution in [0.15, 0.2) is 18.3 Å². The average Bonchev–Trinajstić information content (AvgIpc) is 3.11. The monoisotopic (exact) mass is 393 g/mol. The fourth-order valence-corrected chi connectivity index (χ4v) is 4.22. The van der Waals surface area contributed by atoms with Gasteiger partial charge in [-0.1, -0.05) is 0 Å². The van der Waals surface area contributed by atoms with E-state index in [0.29, 0.717) is 17.8 Å². The van der Waals surface area contributed by atoms with Crippen LogP contribution in [0.2, 0.25) is 0 Å². The minimum absolute atomic E-state index is 0.0646. The summed E-state index contributed by atoms with van der Waals surface area (Å²) >= 11 is 0. The highest BCUT2D eigenvalue weighted by atomic mass is 19.4. The third-order valence-corrected chi connectivity index (χ3v) is 5.39. The van der Waals surface area contributed by atoms with Crippen molar-refractivity contribution in [1.82, 2.24) is 4.57 Å². The van der Waals surface area contributed by atoms with Crippen LogP contribution in [-0.2, 0) is 19.0 Å². The van der Waals surface area contributed by atoms with Gasteiger partial charge in [-0.05, 0) is 30.9 Å². The molecular formula is C18H14F7NO. The van der Waals surface area contributed by atoms with Gasteiger partial charge in [-0.3, -0.25) is 0 Å². The molecule has 27 heavy (non-hydrogen) atoms. The summed E-state index contributed by atoms with van der Waals surface area (Å²) in [6.07, 6.45) is -7.61. The highest BCUT2D eigenvalue weighted by Crippen LogP contribution is 2.50. The number of aliphatic hydroxyl groups is 1. The molecule has 2 aromatic rings. The molecule has 0 radical (unpaired) electrons. The maximum Gasteiger partial charge on any atom is 0.418 e. The Balaban J connectivity index is 1.91. The van der Waals surface area contributed by atoms with Gasteiger partial charge in [0.2, 0.25) is 0 Å². The summed E-state index contributed by atoms with van der Waals surface area (Å²) in [5.41, 5.74) is -1.87. The first-order chi connectivity index (χ1) is 12.5. The predicted octanol–water partition coefficient (Wildman–Crippen LogP) is 4.94. The Morgan fingerprint density at radius 1 is 1.07 bits per heavy atom. The highest BCUT2D eigenvalue weighted by molar-refractivity contribution is 5.44. The first kappa shape index (κ1) is 18.3. The fraction of sp³-hybridized carbons (Fsp3) is 0.444. The van der Waals surface area contributed by atoms with Crippen LogP contribution in [0.25, 0.3) is 0 Å². The maximum absolute atomic E-state index is 14.3. The van der Waals surface area contributed by atoms with Gasteiger partial charge in [0.15, 0.2) is 0 Å². The normalized spacial score (nSPS) is 24.0. The van der Waals surface area contributed by atoms with E-state index in [2.05, 4.69) is 0 Å². The lowest BCUT2D eigenvalue weighted by atomic mass is 9.88. The first-order valence-electron chi connectivity index (χ1n) is 8.35. The van der Waals surface area contributed by atoms with E-state index in [1.54, 1.807) is 0 Å². The lowest BCUT2D eigenvalue weighted by molar-refractivity contribution is -0.147. The van der Waals surface area contributed by atoms with Gasteiger partial charge in [0, 0.05) is 35.5 Å². The van der Waals surface area contributed by atoms with Crippen molar-refractivity contribution in [3.05, 3.63) is 57.9 Å². The van der Waals surface area contributed by atoms with Gasteiger partial charge >= 0.3 is 6.18 Å². The minimum Gasteiger partial charge on any atom is -0.382 e. The summed E-state index contributed by atoms with van der Waals surface area (Å²) < 4.78 is 96.9. The van der Waals surface area contributed by atoms with Gasteiger partial charge in [0.1, 0.15) is 17.7 Å². The number of benzene rings is 1. The molecule has 0 amide bonds. The molecule has 9 heteroatoms. The second-order valence-corrected chi connectivity index (χ2v) is 6.99. The van der Waals surface area contributed by atoms with Crippen molar-refractivity contribution in [2.24, 2.45) is 0 Å². The lowest BCUT2D eigenvalue weighted by Crippen LogP contribution is -2.33. The number of rotatable bonds is 1. The van der Waals surface area contributed by atoms with Crippen molar-refractivity contribution in [3.8, 4) is 0 Å². The summed E-state index contributed by atoms with van der Waals surface area (Å²) in [5, 5.41) is 9.89. The van der Waals surface area contributed by atoms with Crippen LogP contribution in [0, 0.1) is 11.6 Å². The molecule has 146 valence electrons. The SMILES string of the molecule is OC1c2c(C(F)(F)F)cn(C3CCc4cc(F)cc(F)c43)c2CCC1(F)F. The van der Waals surface area contributed by atoms with Crippen LogP contribution >= 0.6 is 0 Å².